The highest BCUT2D eigenvalue weighted by Gasteiger charge is 2.18. The highest BCUT2D eigenvalue weighted by Crippen LogP contribution is 2.32. The van der Waals surface area contributed by atoms with E-state index in [4.69, 9.17) is 21.1 Å². The molecule has 0 radical (unpaired) electrons. The van der Waals surface area contributed by atoms with Gasteiger partial charge in [-0.3, -0.25) is 0 Å². The van der Waals surface area contributed by atoms with Crippen LogP contribution in [0.15, 0.2) is 78.9 Å². The van der Waals surface area contributed by atoms with Gasteiger partial charge in [-0.2, -0.15) is 0 Å². The van der Waals surface area contributed by atoms with E-state index in [1.54, 1.807) is 66.7 Å². The number of carbonyl (C=O) groups is 2. The van der Waals surface area contributed by atoms with Crippen LogP contribution >= 0.6 is 11.6 Å². The Bertz CT molecular complexity index is 957. The molecule has 142 valence electrons. The lowest BCUT2D eigenvalue weighted by atomic mass is 10.1. The van der Waals surface area contributed by atoms with Crippen molar-refractivity contribution in [2.24, 2.45) is 0 Å². The van der Waals surface area contributed by atoms with Crippen LogP contribution < -0.4 is 9.47 Å². The molecule has 0 fully saturated rings. The molecule has 0 amide bonds. The first-order valence-corrected chi connectivity index (χ1v) is 9.04. The van der Waals surface area contributed by atoms with Crippen LogP contribution in [0.25, 0.3) is 0 Å². The number of hydrogen-bond acceptors (Lipinski definition) is 5. The lowest BCUT2D eigenvalue weighted by molar-refractivity contribution is 0.0681. The number of rotatable bonds is 6. The van der Waals surface area contributed by atoms with Crippen LogP contribution in [0, 0.1) is 0 Å². The van der Waals surface area contributed by atoms with Crippen LogP contribution in [0.2, 0.25) is 0 Å². The Morgan fingerprint density at radius 2 is 1.29 bits per heavy atom. The second-order valence-electron chi connectivity index (χ2n) is 5.89. The van der Waals surface area contributed by atoms with Crippen LogP contribution in [-0.4, -0.2) is 22.9 Å². The van der Waals surface area contributed by atoms with E-state index in [1.807, 2.05) is 0 Å². The molecule has 0 spiro atoms. The molecule has 0 saturated carbocycles. The minimum absolute atomic E-state index is 0.0137. The summed E-state index contributed by atoms with van der Waals surface area (Å²) >= 11 is 5.70. The van der Waals surface area contributed by atoms with Gasteiger partial charge < -0.3 is 14.6 Å². The molecule has 0 aliphatic rings. The molecule has 3 rings (SSSR count). The van der Waals surface area contributed by atoms with Crippen LogP contribution in [0.1, 0.15) is 32.4 Å². The summed E-state index contributed by atoms with van der Waals surface area (Å²) in [6, 6.07) is 21.3. The van der Waals surface area contributed by atoms with E-state index < -0.39 is 18.0 Å². The number of halogens is 1. The Kier molecular flexibility index (Phi) is 6.42. The van der Waals surface area contributed by atoms with E-state index in [0.29, 0.717) is 16.7 Å². The van der Waals surface area contributed by atoms with Gasteiger partial charge in [0.15, 0.2) is 11.5 Å². The molecule has 1 unspecified atom stereocenters. The number of alkyl halides is 1. The van der Waals surface area contributed by atoms with Gasteiger partial charge in [0.1, 0.15) is 0 Å². The topological polar surface area (TPSA) is 72.8 Å². The minimum atomic E-state index is -0.949. The van der Waals surface area contributed by atoms with Crippen molar-refractivity contribution in [2.75, 3.05) is 5.88 Å². The molecule has 0 aliphatic heterocycles. The van der Waals surface area contributed by atoms with E-state index in [9.17, 15) is 14.7 Å². The van der Waals surface area contributed by atoms with Crippen LogP contribution in [0.4, 0.5) is 0 Å². The third-order valence-corrected chi connectivity index (χ3v) is 4.22. The fourth-order valence-electron chi connectivity index (χ4n) is 2.45. The number of aliphatic hydroxyl groups excluding tert-OH is 1. The monoisotopic (exact) mass is 396 g/mol. The predicted molar refractivity (Wildman–Crippen MR) is 105 cm³/mol. The predicted octanol–water partition coefficient (Wildman–Crippen LogP) is 4.40. The van der Waals surface area contributed by atoms with Crippen LogP contribution in [-0.2, 0) is 0 Å². The van der Waals surface area contributed by atoms with Crippen molar-refractivity contribution < 1.29 is 24.2 Å². The minimum Gasteiger partial charge on any atom is -0.419 e. The SMILES string of the molecule is O=C(Oc1ccc(C(O)CCl)cc1OC(=O)c1ccccc1)c1ccccc1. The first kappa shape index (κ1) is 19.6. The van der Waals surface area contributed by atoms with E-state index in [1.165, 1.54) is 12.1 Å². The highest BCUT2D eigenvalue weighted by atomic mass is 35.5. The van der Waals surface area contributed by atoms with Gasteiger partial charge in [-0.15, -0.1) is 11.6 Å². The fourth-order valence-corrected chi connectivity index (χ4v) is 2.63. The zero-order valence-electron chi connectivity index (χ0n) is 14.7. The molecule has 1 atom stereocenters. The third kappa shape index (κ3) is 4.76. The smallest absolute Gasteiger partial charge is 0.343 e. The van der Waals surface area contributed by atoms with Crippen molar-refractivity contribution in [2.45, 2.75) is 6.10 Å². The molecule has 1 N–H and O–H groups in total. The number of aliphatic hydroxyl groups is 1. The molecule has 5 nitrogen and oxygen atoms in total. The lowest BCUT2D eigenvalue weighted by Gasteiger charge is -2.14. The van der Waals surface area contributed by atoms with Crippen molar-refractivity contribution in [3.05, 3.63) is 95.6 Å². The average Bonchev–Trinajstić information content (AvgIpc) is 2.75. The van der Waals surface area contributed by atoms with Crippen molar-refractivity contribution >= 4 is 23.5 Å². The summed E-state index contributed by atoms with van der Waals surface area (Å²) in [5.41, 5.74) is 1.13. The van der Waals surface area contributed by atoms with Gasteiger partial charge in [0.2, 0.25) is 0 Å². The molecule has 0 heterocycles. The second kappa shape index (κ2) is 9.17. The van der Waals surface area contributed by atoms with E-state index >= 15 is 0 Å². The maximum Gasteiger partial charge on any atom is 0.343 e. The number of carbonyl (C=O) groups excluding carboxylic acids is 2. The maximum atomic E-state index is 12.4. The van der Waals surface area contributed by atoms with Gasteiger partial charge in [0.25, 0.3) is 0 Å². The summed E-state index contributed by atoms with van der Waals surface area (Å²) in [4.78, 5) is 24.8. The van der Waals surface area contributed by atoms with Crippen molar-refractivity contribution in [3.8, 4) is 11.5 Å². The Hall–Kier alpha value is -3.15. The molecular formula is C22H17ClO5. The first-order chi connectivity index (χ1) is 13.6. The summed E-state index contributed by atoms with van der Waals surface area (Å²) in [5, 5.41) is 9.98. The Balaban J connectivity index is 1.90. The summed E-state index contributed by atoms with van der Waals surface area (Å²) in [7, 11) is 0. The number of hydrogen-bond donors (Lipinski definition) is 1. The van der Waals surface area contributed by atoms with Gasteiger partial charge >= 0.3 is 11.9 Å². The third-order valence-electron chi connectivity index (χ3n) is 3.92. The van der Waals surface area contributed by atoms with Crippen molar-refractivity contribution in [1.29, 1.82) is 0 Å². The molecule has 0 aromatic heterocycles. The summed E-state index contributed by atoms with van der Waals surface area (Å²) < 4.78 is 10.8. The Labute approximate surface area is 167 Å². The molecule has 0 bridgehead atoms. The van der Waals surface area contributed by atoms with E-state index in [0.717, 1.165) is 0 Å². The average molecular weight is 397 g/mol. The zero-order valence-corrected chi connectivity index (χ0v) is 15.5. The van der Waals surface area contributed by atoms with Gasteiger partial charge in [-0.05, 0) is 42.0 Å². The molecule has 0 aliphatic carbocycles. The fraction of sp³-hybridized carbons (Fsp3) is 0.0909. The highest BCUT2D eigenvalue weighted by molar-refractivity contribution is 6.18. The maximum absolute atomic E-state index is 12.4. The number of esters is 2. The molecule has 3 aromatic rings. The summed E-state index contributed by atoms with van der Waals surface area (Å²) in [5.74, 6) is -1.17. The summed E-state index contributed by atoms with van der Waals surface area (Å²) in [6.45, 7) is 0. The van der Waals surface area contributed by atoms with Crippen LogP contribution in [0.3, 0.4) is 0 Å². The molecule has 28 heavy (non-hydrogen) atoms. The molecule has 3 aromatic carbocycles. The van der Waals surface area contributed by atoms with Crippen LogP contribution in [0.5, 0.6) is 11.5 Å². The van der Waals surface area contributed by atoms with Gasteiger partial charge in [-0.25, -0.2) is 9.59 Å². The van der Waals surface area contributed by atoms with Crippen molar-refractivity contribution in [3.63, 3.8) is 0 Å². The second-order valence-corrected chi connectivity index (χ2v) is 6.20. The quantitative estimate of drug-likeness (QED) is 0.380. The Morgan fingerprint density at radius 3 is 1.79 bits per heavy atom. The zero-order chi connectivity index (χ0) is 19.9. The van der Waals surface area contributed by atoms with Gasteiger partial charge in [0, 0.05) is 0 Å². The standard InChI is InChI=1S/C22H17ClO5/c23-14-18(24)17-11-12-19(27-21(25)15-7-3-1-4-8-15)20(13-17)28-22(26)16-9-5-2-6-10-16/h1-13,18,24H,14H2. The Morgan fingerprint density at radius 1 is 0.786 bits per heavy atom. The number of benzene rings is 3. The van der Waals surface area contributed by atoms with Gasteiger partial charge in [0.05, 0.1) is 23.1 Å². The molecular weight excluding hydrogens is 380 g/mol. The van der Waals surface area contributed by atoms with Crippen molar-refractivity contribution in [1.82, 2.24) is 0 Å². The van der Waals surface area contributed by atoms with E-state index in [2.05, 4.69) is 0 Å². The lowest BCUT2D eigenvalue weighted by Crippen LogP contribution is -2.13. The summed E-state index contributed by atoms with van der Waals surface area (Å²) in [6.07, 6.45) is -0.949. The van der Waals surface area contributed by atoms with Gasteiger partial charge in [-0.1, -0.05) is 42.5 Å². The normalized spacial score (nSPS) is 11.5. The van der Waals surface area contributed by atoms with E-state index in [-0.39, 0.29) is 17.4 Å². The number of ether oxygens (including phenoxy) is 2. The molecule has 0 saturated heterocycles. The largest absolute Gasteiger partial charge is 0.419 e. The first-order valence-electron chi connectivity index (χ1n) is 8.51. The molecule has 6 heteroatoms.